The highest BCUT2D eigenvalue weighted by Crippen LogP contribution is 2.20. The molecule has 116 valence electrons. The summed E-state index contributed by atoms with van der Waals surface area (Å²) in [7, 11) is 0. The lowest BCUT2D eigenvalue weighted by Crippen LogP contribution is -2.37. The molecule has 2 N–H and O–H groups in total. The Bertz CT molecular complexity index is 600. The Hall–Kier alpha value is -1.79. The first-order valence-corrected chi connectivity index (χ1v) is 7.04. The van der Waals surface area contributed by atoms with E-state index in [0.717, 1.165) is 16.8 Å². The molecule has 0 aliphatic rings. The molecule has 2 heterocycles. The van der Waals surface area contributed by atoms with Crippen molar-refractivity contribution >= 4 is 17.1 Å². The predicted octanol–water partition coefficient (Wildman–Crippen LogP) is 2.04. The van der Waals surface area contributed by atoms with Crippen LogP contribution in [0.15, 0.2) is 22.8 Å². The summed E-state index contributed by atoms with van der Waals surface area (Å²) in [6.45, 7) is 6.67. The van der Waals surface area contributed by atoms with Gasteiger partial charge < -0.3 is 24.2 Å². The van der Waals surface area contributed by atoms with Crippen molar-refractivity contribution in [1.29, 1.82) is 0 Å². The number of rotatable bonds is 7. The van der Waals surface area contributed by atoms with Crippen molar-refractivity contribution in [2.45, 2.75) is 33.5 Å². The van der Waals surface area contributed by atoms with E-state index < -0.39 is 6.04 Å². The van der Waals surface area contributed by atoms with Crippen LogP contribution in [0.25, 0.3) is 11.1 Å². The summed E-state index contributed by atoms with van der Waals surface area (Å²) in [4.78, 5) is 11.6. The van der Waals surface area contributed by atoms with Crippen LogP contribution < -0.4 is 5.73 Å². The van der Waals surface area contributed by atoms with Crippen LogP contribution >= 0.6 is 0 Å². The highest BCUT2D eigenvalue weighted by molar-refractivity contribution is 5.76. The second kappa shape index (κ2) is 6.78. The molecular formula is C15H22N2O4. The molecule has 2 aromatic heterocycles. The van der Waals surface area contributed by atoms with Crippen LogP contribution in [0.5, 0.6) is 0 Å². The average molecular weight is 294 g/mol. The Morgan fingerprint density at radius 3 is 2.90 bits per heavy atom. The van der Waals surface area contributed by atoms with Crippen LogP contribution in [0, 0.1) is 12.8 Å². The Balaban J connectivity index is 1.74. The van der Waals surface area contributed by atoms with Gasteiger partial charge in [-0.15, -0.1) is 0 Å². The molecule has 21 heavy (non-hydrogen) atoms. The highest BCUT2D eigenvalue weighted by Gasteiger charge is 2.18. The summed E-state index contributed by atoms with van der Waals surface area (Å²) in [5, 5.41) is 0. The van der Waals surface area contributed by atoms with Crippen molar-refractivity contribution in [3.05, 3.63) is 24.1 Å². The molecule has 0 amide bonds. The maximum Gasteiger partial charge on any atom is 0.323 e. The molecule has 0 aliphatic carbocycles. The van der Waals surface area contributed by atoms with Gasteiger partial charge in [0.1, 0.15) is 19.4 Å². The number of hydrogen-bond donors (Lipinski definition) is 1. The fraction of sp³-hybridized carbons (Fsp3) is 0.533. The molecule has 0 spiro atoms. The molecule has 0 aromatic carbocycles. The average Bonchev–Trinajstić information content (AvgIpc) is 2.99. The second-order valence-electron chi connectivity index (χ2n) is 5.36. The summed E-state index contributed by atoms with van der Waals surface area (Å²) >= 11 is 0. The summed E-state index contributed by atoms with van der Waals surface area (Å²) < 4.78 is 17.9. The number of nitrogens with zero attached hydrogens (tertiary/aromatic N) is 1. The summed E-state index contributed by atoms with van der Waals surface area (Å²) in [5.41, 5.74) is 8.58. The van der Waals surface area contributed by atoms with E-state index in [4.69, 9.17) is 19.6 Å². The lowest BCUT2D eigenvalue weighted by Gasteiger charge is -2.14. The van der Waals surface area contributed by atoms with Crippen molar-refractivity contribution in [1.82, 2.24) is 4.57 Å². The summed E-state index contributed by atoms with van der Waals surface area (Å²) in [6.07, 6.45) is 1.65. The van der Waals surface area contributed by atoms with E-state index in [-0.39, 0.29) is 18.5 Å². The molecule has 2 aromatic rings. The predicted molar refractivity (Wildman–Crippen MR) is 78.7 cm³/mol. The van der Waals surface area contributed by atoms with Crippen molar-refractivity contribution in [3.63, 3.8) is 0 Å². The van der Waals surface area contributed by atoms with Crippen molar-refractivity contribution in [2.75, 3.05) is 13.2 Å². The first-order chi connectivity index (χ1) is 10.0. The van der Waals surface area contributed by atoms with Crippen LogP contribution in [0.1, 0.15) is 19.5 Å². The van der Waals surface area contributed by atoms with Gasteiger partial charge in [-0.05, 0) is 12.8 Å². The molecule has 0 saturated heterocycles. The van der Waals surface area contributed by atoms with Gasteiger partial charge in [-0.25, -0.2) is 0 Å². The van der Waals surface area contributed by atoms with Gasteiger partial charge in [-0.1, -0.05) is 13.8 Å². The Labute approximate surface area is 123 Å². The highest BCUT2D eigenvalue weighted by atomic mass is 16.6. The Morgan fingerprint density at radius 1 is 1.43 bits per heavy atom. The van der Waals surface area contributed by atoms with E-state index >= 15 is 0 Å². The SMILES string of the molecule is Cc1cc2occc2n1COCCOC(=O)C(N)C(C)C. The molecule has 1 unspecified atom stereocenters. The van der Waals surface area contributed by atoms with Crippen LogP contribution in [-0.4, -0.2) is 29.8 Å². The molecule has 2 rings (SSSR count). The largest absolute Gasteiger partial charge is 0.463 e. The van der Waals surface area contributed by atoms with Gasteiger partial charge in [0.25, 0.3) is 0 Å². The van der Waals surface area contributed by atoms with E-state index in [9.17, 15) is 4.79 Å². The number of nitrogens with two attached hydrogens (primary N) is 1. The van der Waals surface area contributed by atoms with Gasteiger partial charge >= 0.3 is 5.97 Å². The Morgan fingerprint density at radius 2 is 2.19 bits per heavy atom. The maximum absolute atomic E-state index is 11.6. The molecule has 6 nitrogen and oxygen atoms in total. The Kier molecular flexibility index (Phi) is 5.03. The van der Waals surface area contributed by atoms with E-state index in [0.29, 0.717) is 13.3 Å². The first-order valence-electron chi connectivity index (χ1n) is 7.04. The van der Waals surface area contributed by atoms with E-state index in [1.807, 2.05) is 37.5 Å². The number of furan rings is 1. The lowest BCUT2D eigenvalue weighted by atomic mass is 10.1. The minimum Gasteiger partial charge on any atom is -0.463 e. The summed E-state index contributed by atoms with van der Waals surface area (Å²) in [5.74, 6) is -0.321. The van der Waals surface area contributed by atoms with Crippen molar-refractivity contribution < 1.29 is 18.7 Å². The van der Waals surface area contributed by atoms with Gasteiger partial charge in [0.15, 0.2) is 5.58 Å². The van der Waals surface area contributed by atoms with E-state index in [2.05, 4.69) is 0 Å². The van der Waals surface area contributed by atoms with E-state index in [1.165, 1.54) is 0 Å². The van der Waals surface area contributed by atoms with Gasteiger partial charge in [0, 0.05) is 17.8 Å². The standard InChI is InChI=1S/C15H22N2O4/c1-10(2)14(16)15(18)21-7-6-19-9-17-11(3)8-13-12(17)4-5-20-13/h4-5,8,10,14H,6-7,9,16H2,1-3H3. The maximum atomic E-state index is 11.6. The number of ether oxygens (including phenoxy) is 2. The van der Waals surface area contributed by atoms with Crippen LogP contribution in [-0.2, 0) is 21.0 Å². The van der Waals surface area contributed by atoms with Crippen LogP contribution in [0.2, 0.25) is 0 Å². The molecule has 6 heteroatoms. The topological polar surface area (TPSA) is 79.6 Å². The van der Waals surface area contributed by atoms with Crippen LogP contribution in [0.4, 0.5) is 0 Å². The fourth-order valence-corrected chi connectivity index (χ4v) is 2.00. The number of fused-ring (bicyclic) bond motifs is 1. The summed E-state index contributed by atoms with van der Waals surface area (Å²) in [6, 6.07) is 3.27. The number of carbonyl (C=O) groups excluding carboxylic acids is 1. The number of hydrogen-bond acceptors (Lipinski definition) is 5. The van der Waals surface area contributed by atoms with Gasteiger partial charge in [-0.2, -0.15) is 0 Å². The number of carbonyl (C=O) groups is 1. The lowest BCUT2D eigenvalue weighted by molar-refractivity contribution is -0.148. The smallest absolute Gasteiger partial charge is 0.323 e. The van der Waals surface area contributed by atoms with Crippen LogP contribution in [0.3, 0.4) is 0 Å². The monoisotopic (exact) mass is 294 g/mol. The minimum absolute atomic E-state index is 0.0651. The van der Waals surface area contributed by atoms with Crippen molar-refractivity contribution in [3.8, 4) is 0 Å². The second-order valence-corrected chi connectivity index (χ2v) is 5.36. The van der Waals surface area contributed by atoms with Crippen molar-refractivity contribution in [2.24, 2.45) is 11.7 Å². The third kappa shape index (κ3) is 3.65. The number of aromatic nitrogens is 1. The zero-order valence-corrected chi connectivity index (χ0v) is 12.7. The zero-order chi connectivity index (χ0) is 15.4. The third-order valence-corrected chi connectivity index (χ3v) is 3.41. The zero-order valence-electron chi connectivity index (χ0n) is 12.7. The molecule has 0 bridgehead atoms. The third-order valence-electron chi connectivity index (χ3n) is 3.41. The first kappa shape index (κ1) is 15.6. The van der Waals surface area contributed by atoms with E-state index in [1.54, 1.807) is 6.26 Å². The van der Waals surface area contributed by atoms with Gasteiger partial charge in [0.2, 0.25) is 0 Å². The molecule has 1 atom stereocenters. The minimum atomic E-state index is -0.581. The molecule has 0 fully saturated rings. The number of esters is 1. The molecule has 0 aliphatic heterocycles. The number of aryl methyl sites for hydroxylation is 1. The molecule has 0 saturated carbocycles. The fourth-order valence-electron chi connectivity index (χ4n) is 2.00. The quantitative estimate of drug-likeness (QED) is 0.624. The molecule has 0 radical (unpaired) electrons. The van der Waals surface area contributed by atoms with Gasteiger partial charge in [-0.3, -0.25) is 4.79 Å². The normalized spacial score (nSPS) is 13.0. The van der Waals surface area contributed by atoms with Gasteiger partial charge in [0.05, 0.1) is 18.4 Å². The molecular weight excluding hydrogens is 272 g/mol.